The van der Waals surface area contributed by atoms with E-state index in [1.54, 1.807) is 17.5 Å². The lowest BCUT2D eigenvalue weighted by Gasteiger charge is -1.97. The second-order valence-corrected chi connectivity index (χ2v) is 5.16. The molecule has 2 aromatic rings. The minimum Gasteiger partial charge on any atom is -0.271 e. The van der Waals surface area contributed by atoms with Gasteiger partial charge in [-0.05, 0) is 15.9 Å². The van der Waals surface area contributed by atoms with Crippen molar-refractivity contribution in [2.24, 2.45) is 0 Å². The molecular formula is C9H9BrClN3S. The summed E-state index contributed by atoms with van der Waals surface area (Å²) >= 11 is 10.7. The highest BCUT2D eigenvalue weighted by molar-refractivity contribution is 9.10. The monoisotopic (exact) mass is 305 g/mol. The smallest absolute Gasteiger partial charge is 0.0947 e. The van der Waals surface area contributed by atoms with Gasteiger partial charge in [-0.15, -0.1) is 22.9 Å². The maximum Gasteiger partial charge on any atom is 0.0947 e. The van der Waals surface area contributed by atoms with Gasteiger partial charge in [0.15, 0.2) is 0 Å². The van der Waals surface area contributed by atoms with Crippen molar-refractivity contribution in [1.82, 2.24) is 14.8 Å². The van der Waals surface area contributed by atoms with E-state index in [0.717, 1.165) is 28.1 Å². The third-order valence-corrected chi connectivity index (χ3v) is 3.53. The topological polar surface area (TPSA) is 30.7 Å². The van der Waals surface area contributed by atoms with Crippen LogP contribution in [-0.4, -0.2) is 14.8 Å². The third kappa shape index (κ3) is 3.03. The zero-order chi connectivity index (χ0) is 10.7. The zero-order valence-corrected chi connectivity index (χ0v) is 11.0. The molecule has 2 heterocycles. The fraction of sp³-hybridized carbons (Fsp3) is 0.333. The standard InChI is InChI=1S/C9H9BrClN3S/c10-7-4-12-14(5-7)2-1-9-13-8(3-11)6-15-9/h4-6H,1-3H2. The Hall–Kier alpha value is -0.390. The summed E-state index contributed by atoms with van der Waals surface area (Å²) in [5, 5.41) is 7.29. The summed E-state index contributed by atoms with van der Waals surface area (Å²) in [5.41, 5.74) is 0.957. The van der Waals surface area contributed by atoms with E-state index in [-0.39, 0.29) is 0 Å². The van der Waals surface area contributed by atoms with Gasteiger partial charge in [0.25, 0.3) is 0 Å². The van der Waals surface area contributed by atoms with Gasteiger partial charge in [-0.25, -0.2) is 4.98 Å². The Morgan fingerprint density at radius 2 is 2.40 bits per heavy atom. The highest BCUT2D eigenvalue weighted by Crippen LogP contribution is 2.13. The Kier molecular flexibility index (Phi) is 3.77. The highest BCUT2D eigenvalue weighted by Gasteiger charge is 2.02. The van der Waals surface area contributed by atoms with Crippen molar-refractivity contribution in [3.63, 3.8) is 0 Å². The van der Waals surface area contributed by atoms with E-state index in [1.807, 2.05) is 16.3 Å². The van der Waals surface area contributed by atoms with Gasteiger partial charge in [-0.2, -0.15) is 5.10 Å². The SMILES string of the molecule is ClCc1csc(CCn2cc(Br)cn2)n1. The van der Waals surface area contributed by atoms with Crippen LogP contribution in [0.4, 0.5) is 0 Å². The molecule has 0 radical (unpaired) electrons. The van der Waals surface area contributed by atoms with Crippen LogP contribution in [0.1, 0.15) is 10.7 Å². The molecule has 0 atom stereocenters. The van der Waals surface area contributed by atoms with E-state index >= 15 is 0 Å². The van der Waals surface area contributed by atoms with Crippen LogP contribution in [0.25, 0.3) is 0 Å². The fourth-order valence-corrected chi connectivity index (χ4v) is 2.54. The van der Waals surface area contributed by atoms with Crippen LogP contribution in [0.5, 0.6) is 0 Å². The molecule has 0 saturated heterocycles. The van der Waals surface area contributed by atoms with Crippen molar-refractivity contribution in [3.8, 4) is 0 Å². The van der Waals surface area contributed by atoms with Gasteiger partial charge in [0.2, 0.25) is 0 Å². The van der Waals surface area contributed by atoms with Crippen molar-refractivity contribution in [1.29, 1.82) is 0 Å². The number of alkyl halides is 1. The lowest BCUT2D eigenvalue weighted by atomic mass is 10.4. The number of hydrogen-bond donors (Lipinski definition) is 0. The van der Waals surface area contributed by atoms with Gasteiger partial charge in [0.1, 0.15) is 0 Å². The number of nitrogens with zero attached hydrogens (tertiary/aromatic N) is 3. The van der Waals surface area contributed by atoms with Gasteiger partial charge < -0.3 is 0 Å². The van der Waals surface area contributed by atoms with Crippen molar-refractivity contribution in [2.45, 2.75) is 18.8 Å². The maximum atomic E-state index is 5.68. The predicted molar refractivity (Wildman–Crippen MR) is 65.3 cm³/mol. The highest BCUT2D eigenvalue weighted by atomic mass is 79.9. The van der Waals surface area contributed by atoms with E-state index in [0.29, 0.717) is 5.88 Å². The van der Waals surface area contributed by atoms with Gasteiger partial charge in [-0.3, -0.25) is 4.68 Å². The van der Waals surface area contributed by atoms with E-state index in [9.17, 15) is 0 Å². The number of aromatic nitrogens is 3. The first-order chi connectivity index (χ1) is 7.28. The number of thiazole rings is 1. The second kappa shape index (κ2) is 5.09. The number of halogens is 2. The lowest BCUT2D eigenvalue weighted by Crippen LogP contribution is -2.01. The Balaban J connectivity index is 1.93. The fourth-order valence-electron chi connectivity index (χ4n) is 1.20. The number of hydrogen-bond acceptors (Lipinski definition) is 3. The molecule has 0 aliphatic heterocycles. The number of rotatable bonds is 4. The Bertz CT molecular complexity index is 440. The molecule has 80 valence electrons. The van der Waals surface area contributed by atoms with Crippen LogP contribution in [0, 0.1) is 0 Å². The van der Waals surface area contributed by atoms with E-state index < -0.39 is 0 Å². The summed E-state index contributed by atoms with van der Waals surface area (Å²) in [4.78, 5) is 4.38. The van der Waals surface area contributed by atoms with E-state index in [4.69, 9.17) is 11.6 Å². The molecule has 0 unspecified atom stereocenters. The predicted octanol–water partition coefficient (Wildman–Crippen LogP) is 3.08. The van der Waals surface area contributed by atoms with Gasteiger partial charge in [0.05, 0.1) is 27.3 Å². The molecule has 0 N–H and O–H groups in total. The molecule has 0 aromatic carbocycles. The van der Waals surface area contributed by atoms with E-state index in [1.165, 1.54) is 0 Å². The molecule has 0 amide bonds. The molecule has 2 aromatic heterocycles. The minimum atomic E-state index is 0.490. The van der Waals surface area contributed by atoms with Crippen LogP contribution in [-0.2, 0) is 18.8 Å². The first kappa shape index (κ1) is 11.1. The zero-order valence-electron chi connectivity index (χ0n) is 7.86. The summed E-state index contributed by atoms with van der Waals surface area (Å²) in [6.45, 7) is 0.848. The molecule has 0 aliphatic rings. The molecular weight excluding hydrogens is 298 g/mol. The molecule has 0 saturated carbocycles. The molecule has 6 heteroatoms. The van der Waals surface area contributed by atoms with Gasteiger partial charge >= 0.3 is 0 Å². The van der Waals surface area contributed by atoms with Crippen molar-refractivity contribution in [2.75, 3.05) is 0 Å². The summed E-state index contributed by atoms with van der Waals surface area (Å²) < 4.78 is 2.90. The second-order valence-electron chi connectivity index (χ2n) is 3.04. The summed E-state index contributed by atoms with van der Waals surface area (Å²) in [5.74, 6) is 0.490. The molecule has 0 fully saturated rings. The van der Waals surface area contributed by atoms with Gasteiger partial charge in [-0.1, -0.05) is 0 Å². The van der Waals surface area contributed by atoms with Gasteiger partial charge in [0, 0.05) is 24.5 Å². The van der Waals surface area contributed by atoms with Crippen LogP contribution in [0.15, 0.2) is 22.2 Å². The lowest BCUT2D eigenvalue weighted by molar-refractivity contribution is 0.613. The normalized spacial score (nSPS) is 10.8. The first-order valence-electron chi connectivity index (χ1n) is 4.45. The molecule has 15 heavy (non-hydrogen) atoms. The van der Waals surface area contributed by atoms with Crippen LogP contribution >= 0.6 is 38.9 Å². The van der Waals surface area contributed by atoms with Crippen LogP contribution in [0.3, 0.4) is 0 Å². The summed E-state index contributed by atoms with van der Waals surface area (Å²) in [7, 11) is 0. The van der Waals surface area contributed by atoms with Crippen LogP contribution < -0.4 is 0 Å². The van der Waals surface area contributed by atoms with E-state index in [2.05, 4.69) is 26.0 Å². The quantitative estimate of drug-likeness (QED) is 0.813. The van der Waals surface area contributed by atoms with Crippen molar-refractivity contribution in [3.05, 3.63) is 32.9 Å². The number of aryl methyl sites for hydroxylation is 2. The largest absolute Gasteiger partial charge is 0.271 e. The third-order valence-electron chi connectivity index (χ3n) is 1.89. The molecule has 0 bridgehead atoms. The average Bonchev–Trinajstić information content (AvgIpc) is 2.83. The molecule has 0 spiro atoms. The first-order valence-corrected chi connectivity index (χ1v) is 6.66. The molecule has 2 rings (SSSR count). The summed E-state index contributed by atoms with van der Waals surface area (Å²) in [6, 6.07) is 0. The molecule has 3 nitrogen and oxygen atoms in total. The van der Waals surface area contributed by atoms with Crippen LogP contribution in [0.2, 0.25) is 0 Å². The Morgan fingerprint density at radius 1 is 1.53 bits per heavy atom. The summed E-state index contributed by atoms with van der Waals surface area (Å²) in [6.07, 6.45) is 4.64. The Labute approximate surface area is 105 Å². The average molecular weight is 307 g/mol. The van der Waals surface area contributed by atoms with Crippen molar-refractivity contribution >= 4 is 38.9 Å². The molecule has 0 aliphatic carbocycles. The van der Waals surface area contributed by atoms with Crippen molar-refractivity contribution < 1.29 is 0 Å². The Morgan fingerprint density at radius 3 is 3.00 bits per heavy atom. The maximum absolute atomic E-state index is 5.68. The minimum absolute atomic E-state index is 0.490.